The van der Waals surface area contributed by atoms with E-state index in [2.05, 4.69) is 18.3 Å². The average molecular weight is 290 g/mol. The minimum absolute atomic E-state index is 0.148. The Morgan fingerprint density at radius 2 is 2.00 bits per heavy atom. The Balaban J connectivity index is 1.94. The minimum Gasteiger partial charge on any atom is -0.496 e. The number of nitrogens with zero attached hydrogens (tertiary/aromatic N) is 1. The van der Waals surface area contributed by atoms with E-state index >= 15 is 0 Å². The van der Waals surface area contributed by atoms with E-state index in [9.17, 15) is 4.79 Å². The van der Waals surface area contributed by atoms with Crippen LogP contribution in [-0.4, -0.2) is 37.6 Å². The van der Waals surface area contributed by atoms with Crippen molar-refractivity contribution in [3.05, 3.63) is 29.8 Å². The number of methoxy groups -OCH3 is 1. The van der Waals surface area contributed by atoms with Gasteiger partial charge in [-0.3, -0.25) is 4.79 Å². The van der Waals surface area contributed by atoms with E-state index < -0.39 is 0 Å². The number of nitrogens with one attached hydrogen (secondary N) is 1. The summed E-state index contributed by atoms with van der Waals surface area (Å²) in [5.74, 6) is 1.09. The number of amides is 1. The highest BCUT2D eigenvalue weighted by Crippen LogP contribution is 2.26. The molecule has 1 atom stereocenters. The van der Waals surface area contributed by atoms with E-state index in [1.807, 2.05) is 23.1 Å². The van der Waals surface area contributed by atoms with Crippen molar-refractivity contribution in [2.24, 2.45) is 0 Å². The Kier molecular flexibility index (Phi) is 6.05. The summed E-state index contributed by atoms with van der Waals surface area (Å²) < 4.78 is 5.42. The number of ether oxygens (including phenoxy) is 1. The van der Waals surface area contributed by atoms with E-state index in [0.29, 0.717) is 6.54 Å². The molecule has 0 aromatic heterocycles. The first-order chi connectivity index (χ1) is 10.3. The van der Waals surface area contributed by atoms with Crippen LogP contribution in [0.25, 0.3) is 0 Å². The third kappa shape index (κ3) is 4.21. The Hall–Kier alpha value is -1.55. The number of benzene rings is 1. The summed E-state index contributed by atoms with van der Waals surface area (Å²) in [7, 11) is 1.68. The van der Waals surface area contributed by atoms with Gasteiger partial charge in [0.1, 0.15) is 5.75 Å². The largest absolute Gasteiger partial charge is 0.496 e. The number of likely N-dealkylation sites (tertiary alicyclic amines) is 1. The molecule has 1 aliphatic heterocycles. The van der Waals surface area contributed by atoms with Crippen molar-refractivity contribution in [2.75, 3.05) is 26.7 Å². The van der Waals surface area contributed by atoms with Crippen molar-refractivity contribution in [3.8, 4) is 5.75 Å². The number of hydrogen-bond acceptors (Lipinski definition) is 3. The van der Waals surface area contributed by atoms with Gasteiger partial charge in [-0.05, 0) is 31.7 Å². The Labute approximate surface area is 127 Å². The predicted molar refractivity (Wildman–Crippen MR) is 84.5 cm³/mol. The van der Waals surface area contributed by atoms with Crippen molar-refractivity contribution >= 4 is 5.91 Å². The zero-order valence-electron chi connectivity index (χ0n) is 13.1. The van der Waals surface area contributed by atoms with Gasteiger partial charge in [0.15, 0.2) is 0 Å². The van der Waals surface area contributed by atoms with Gasteiger partial charge < -0.3 is 15.0 Å². The lowest BCUT2D eigenvalue weighted by Crippen LogP contribution is -2.41. The van der Waals surface area contributed by atoms with E-state index in [4.69, 9.17) is 4.74 Å². The standard InChI is InChI=1S/C17H26N2O2/c1-3-15(14-9-5-6-10-16(14)21-2)18-13-17(20)19-11-7-4-8-12-19/h5-6,9-10,15,18H,3-4,7-8,11-13H2,1-2H3. The second-order valence-electron chi connectivity index (χ2n) is 5.53. The molecular weight excluding hydrogens is 264 g/mol. The molecular formula is C17H26N2O2. The highest BCUT2D eigenvalue weighted by atomic mass is 16.5. The Bertz CT molecular complexity index is 456. The number of rotatable bonds is 6. The quantitative estimate of drug-likeness (QED) is 0.876. The molecule has 0 saturated carbocycles. The zero-order valence-corrected chi connectivity index (χ0v) is 13.1. The molecule has 1 heterocycles. The average Bonchev–Trinajstić information content (AvgIpc) is 2.56. The molecule has 1 saturated heterocycles. The molecule has 0 spiro atoms. The molecule has 0 radical (unpaired) electrons. The summed E-state index contributed by atoms with van der Waals surface area (Å²) in [6.07, 6.45) is 4.44. The van der Waals surface area contributed by atoms with Gasteiger partial charge in [0.05, 0.1) is 13.7 Å². The van der Waals surface area contributed by atoms with Crippen LogP contribution in [0.2, 0.25) is 0 Å². The molecule has 1 aromatic carbocycles. The van der Waals surface area contributed by atoms with Crippen LogP contribution in [0.1, 0.15) is 44.2 Å². The van der Waals surface area contributed by atoms with Gasteiger partial charge >= 0.3 is 0 Å². The molecule has 1 unspecified atom stereocenters. The molecule has 1 amide bonds. The second kappa shape index (κ2) is 8.03. The van der Waals surface area contributed by atoms with E-state index in [1.165, 1.54) is 6.42 Å². The molecule has 1 N–H and O–H groups in total. The molecule has 116 valence electrons. The lowest BCUT2D eigenvalue weighted by Gasteiger charge is -2.28. The summed E-state index contributed by atoms with van der Waals surface area (Å²) >= 11 is 0. The van der Waals surface area contributed by atoms with Crippen LogP contribution in [0.5, 0.6) is 5.75 Å². The van der Waals surface area contributed by atoms with Crippen LogP contribution in [0.15, 0.2) is 24.3 Å². The van der Waals surface area contributed by atoms with Crippen LogP contribution in [0.4, 0.5) is 0 Å². The second-order valence-corrected chi connectivity index (χ2v) is 5.53. The van der Waals surface area contributed by atoms with Gasteiger partial charge in [-0.15, -0.1) is 0 Å². The van der Waals surface area contributed by atoms with E-state index in [1.54, 1.807) is 7.11 Å². The topological polar surface area (TPSA) is 41.6 Å². The van der Waals surface area contributed by atoms with Gasteiger partial charge in [-0.25, -0.2) is 0 Å². The van der Waals surface area contributed by atoms with Crippen LogP contribution < -0.4 is 10.1 Å². The maximum Gasteiger partial charge on any atom is 0.236 e. The third-order valence-corrected chi connectivity index (χ3v) is 4.13. The SMILES string of the molecule is CCC(NCC(=O)N1CCCCC1)c1ccccc1OC. The molecule has 0 bridgehead atoms. The first kappa shape index (κ1) is 15.8. The fraction of sp³-hybridized carbons (Fsp3) is 0.588. The van der Waals surface area contributed by atoms with Crippen molar-refractivity contribution in [2.45, 2.75) is 38.6 Å². The molecule has 1 aromatic rings. The smallest absolute Gasteiger partial charge is 0.236 e. The highest BCUT2D eigenvalue weighted by molar-refractivity contribution is 5.78. The summed E-state index contributed by atoms with van der Waals surface area (Å²) in [6, 6.07) is 8.15. The van der Waals surface area contributed by atoms with Gasteiger partial charge in [0, 0.05) is 24.7 Å². The molecule has 1 fully saturated rings. The molecule has 4 heteroatoms. The third-order valence-electron chi connectivity index (χ3n) is 4.13. The monoisotopic (exact) mass is 290 g/mol. The molecule has 1 aliphatic rings. The van der Waals surface area contributed by atoms with Gasteiger partial charge in [0.2, 0.25) is 5.91 Å². The van der Waals surface area contributed by atoms with E-state index in [-0.39, 0.29) is 11.9 Å². The van der Waals surface area contributed by atoms with Crippen molar-refractivity contribution < 1.29 is 9.53 Å². The molecule has 0 aliphatic carbocycles. The summed E-state index contributed by atoms with van der Waals surface area (Å²) in [5, 5.41) is 3.39. The lowest BCUT2D eigenvalue weighted by atomic mass is 10.0. The van der Waals surface area contributed by atoms with Crippen LogP contribution in [0, 0.1) is 0 Å². The Morgan fingerprint density at radius 1 is 1.29 bits per heavy atom. The van der Waals surface area contributed by atoms with Crippen LogP contribution in [0.3, 0.4) is 0 Å². The summed E-state index contributed by atoms with van der Waals surface area (Å²) in [4.78, 5) is 14.2. The number of carbonyl (C=O) groups is 1. The number of hydrogen-bond donors (Lipinski definition) is 1. The molecule has 4 nitrogen and oxygen atoms in total. The van der Waals surface area contributed by atoms with Gasteiger partial charge in [-0.1, -0.05) is 25.1 Å². The van der Waals surface area contributed by atoms with Crippen LogP contribution >= 0.6 is 0 Å². The maximum atomic E-state index is 12.2. The lowest BCUT2D eigenvalue weighted by molar-refractivity contribution is -0.131. The normalized spacial score (nSPS) is 16.6. The van der Waals surface area contributed by atoms with Gasteiger partial charge in [0.25, 0.3) is 0 Å². The zero-order chi connectivity index (χ0) is 15.1. The number of carbonyl (C=O) groups excluding carboxylic acids is 1. The summed E-state index contributed by atoms with van der Waals surface area (Å²) in [6.45, 7) is 4.34. The molecule has 21 heavy (non-hydrogen) atoms. The Morgan fingerprint density at radius 3 is 2.67 bits per heavy atom. The van der Waals surface area contributed by atoms with E-state index in [0.717, 1.165) is 43.7 Å². The first-order valence-corrected chi connectivity index (χ1v) is 7.90. The minimum atomic E-state index is 0.148. The fourth-order valence-corrected chi connectivity index (χ4v) is 2.89. The predicted octanol–water partition coefficient (Wildman–Crippen LogP) is 2.75. The first-order valence-electron chi connectivity index (χ1n) is 7.90. The van der Waals surface area contributed by atoms with Gasteiger partial charge in [-0.2, -0.15) is 0 Å². The van der Waals surface area contributed by atoms with Crippen molar-refractivity contribution in [3.63, 3.8) is 0 Å². The van der Waals surface area contributed by atoms with Crippen LogP contribution in [-0.2, 0) is 4.79 Å². The fourth-order valence-electron chi connectivity index (χ4n) is 2.89. The van der Waals surface area contributed by atoms with Crippen molar-refractivity contribution in [1.82, 2.24) is 10.2 Å². The number of para-hydroxylation sites is 1. The molecule has 2 rings (SSSR count). The maximum absolute atomic E-state index is 12.2. The summed E-state index contributed by atoms with van der Waals surface area (Å²) in [5.41, 5.74) is 1.12. The number of piperidine rings is 1. The highest BCUT2D eigenvalue weighted by Gasteiger charge is 2.19. The van der Waals surface area contributed by atoms with Crippen molar-refractivity contribution in [1.29, 1.82) is 0 Å².